The van der Waals surface area contributed by atoms with E-state index in [0.717, 1.165) is 13.0 Å². The van der Waals surface area contributed by atoms with Crippen molar-refractivity contribution < 1.29 is 0 Å². The molecule has 1 nitrogen and oxygen atoms in total. The highest BCUT2D eigenvalue weighted by Gasteiger charge is 1.90. The van der Waals surface area contributed by atoms with Crippen LogP contribution in [0.1, 0.15) is 12.5 Å². The van der Waals surface area contributed by atoms with Gasteiger partial charge in [0.15, 0.2) is 0 Å². The fourth-order valence-corrected chi connectivity index (χ4v) is 1.13. The quantitative estimate of drug-likeness (QED) is 0.699. The topological polar surface area (TPSA) is 26.0 Å². The van der Waals surface area contributed by atoms with E-state index in [9.17, 15) is 0 Å². The minimum absolute atomic E-state index is 0.490. The number of benzene rings is 1. The maximum atomic E-state index is 5.50. The number of hydrogen-bond acceptors (Lipinski definition) is 1. The summed E-state index contributed by atoms with van der Waals surface area (Å²) in [7, 11) is 0. The Kier molecular flexibility index (Phi) is 4.27. The Morgan fingerprint density at radius 2 is 2.00 bits per heavy atom. The molecule has 0 aromatic heterocycles. The van der Waals surface area contributed by atoms with Crippen molar-refractivity contribution in [2.24, 2.45) is 11.7 Å². The van der Waals surface area contributed by atoms with Crippen molar-refractivity contribution in [1.29, 1.82) is 0 Å². The lowest BCUT2D eigenvalue weighted by atomic mass is 10.1. The van der Waals surface area contributed by atoms with Crippen LogP contribution >= 0.6 is 0 Å². The molecule has 0 aliphatic carbocycles. The summed E-state index contributed by atoms with van der Waals surface area (Å²) >= 11 is 0. The first-order valence-corrected chi connectivity index (χ1v) is 4.73. The van der Waals surface area contributed by atoms with Crippen molar-refractivity contribution >= 4 is 0 Å². The van der Waals surface area contributed by atoms with Gasteiger partial charge in [-0.1, -0.05) is 49.4 Å². The highest BCUT2D eigenvalue weighted by molar-refractivity contribution is 5.17. The number of nitrogens with two attached hydrogens (primary N) is 1. The molecule has 0 bridgehead atoms. The highest BCUT2D eigenvalue weighted by Crippen LogP contribution is 2.01. The van der Waals surface area contributed by atoms with Gasteiger partial charge in [0.05, 0.1) is 0 Å². The molecular formula is C12H17N. The van der Waals surface area contributed by atoms with E-state index in [-0.39, 0.29) is 0 Å². The normalized spacial score (nSPS) is 13.4. The molecule has 1 rings (SSSR count). The van der Waals surface area contributed by atoms with Gasteiger partial charge in [-0.3, -0.25) is 0 Å². The van der Waals surface area contributed by atoms with Crippen molar-refractivity contribution in [2.75, 3.05) is 6.54 Å². The molecule has 1 aromatic carbocycles. The lowest BCUT2D eigenvalue weighted by Gasteiger charge is -1.99. The van der Waals surface area contributed by atoms with Crippen LogP contribution < -0.4 is 5.73 Å². The minimum atomic E-state index is 0.490. The fourth-order valence-electron chi connectivity index (χ4n) is 1.13. The molecular weight excluding hydrogens is 158 g/mol. The van der Waals surface area contributed by atoms with Crippen LogP contribution in [0, 0.1) is 5.92 Å². The summed E-state index contributed by atoms with van der Waals surface area (Å²) in [5.41, 5.74) is 6.85. The molecule has 1 aromatic rings. The summed E-state index contributed by atoms with van der Waals surface area (Å²) in [5.74, 6) is 0.490. The second-order valence-corrected chi connectivity index (χ2v) is 3.33. The molecule has 0 saturated carbocycles. The van der Waals surface area contributed by atoms with E-state index in [2.05, 4.69) is 43.3 Å². The molecule has 1 atom stereocenters. The summed E-state index contributed by atoms with van der Waals surface area (Å²) in [6, 6.07) is 10.4. The third kappa shape index (κ3) is 3.90. The summed E-state index contributed by atoms with van der Waals surface area (Å²) in [6.07, 6.45) is 5.37. The SMILES string of the molecule is CC(/C=C\Cc1ccccc1)CN. The Labute approximate surface area is 80.3 Å². The average molecular weight is 175 g/mol. The number of hydrogen-bond donors (Lipinski definition) is 1. The maximum absolute atomic E-state index is 5.50. The molecule has 0 amide bonds. The molecule has 1 unspecified atom stereocenters. The molecule has 0 spiro atoms. The van der Waals surface area contributed by atoms with Gasteiger partial charge in [-0.2, -0.15) is 0 Å². The zero-order valence-corrected chi connectivity index (χ0v) is 8.11. The Balaban J connectivity index is 2.39. The van der Waals surface area contributed by atoms with Gasteiger partial charge in [0.25, 0.3) is 0 Å². The van der Waals surface area contributed by atoms with E-state index < -0.39 is 0 Å². The number of rotatable bonds is 4. The smallest absolute Gasteiger partial charge is 0.00168 e. The standard InChI is InChI=1S/C12H17N/c1-11(10-13)6-5-9-12-7-3-2-4-8-12/h2-8,11H,9-10,13H2,1H3/b6-5-. The lowest BCUT2D eigenvalue weighted by molar-refractivity contribution is 0.737. The van der Waals surface area contributed by atoms with Gasteiger partial charge in [0.1, 0.15) is 0 Å². The predicted octanol–water partition coefficient (Wildman–Crippen LogP) is 2.38. The largest absolute Gasteiger partial charge is 0.330 e. The first-order chi connectivity index (χ1) is 6.33. The third-order valence-corrected chi connectivity index (χ3v) is 2.03. The van der Waals surface area contributed by atoms with E-state index in [4.69, 9.17) is 5.73 Å². The van der Waals surface area contributed by atoms with Gasteiger partial charge < -0.3 is 5.73 Å². The van der Waals surface area contributed by atoms with E-state index in [1.54, 1.807) is 0 Å². The lowest BCUT2D eigenvalue weighted by Crippen LogP contribution is -2.07. The van der Waals surface area contributed by atoms with Crippen LogP contribution in [-0.4, -0.2) is 6.54 Å². The van der Waals surface area contributed by atoms with Gasteiger partial charge in [-0.05, 0) is 24.4 Å². The molecule has 0 fully saturated rings. The van der Waals surface area contributed by atoms with E-state index in [1.165, 1.54) is 5.56 Å². The van der Waals surface area contributed by atoms with Crippen molar-refractivity contribution in [3.8, 4) is 0 Å². The Morgan fingerprint density at radius 3 is 2.62 bits per heavy atom. The van der Waals surface area contributed by atoms with Crippen molar-refractivity contribution in [3.05, 3.63) is 48.0 Å². The second kappa shape index (κ2) is 5.55. The van der Waals surface area contributed by atoms with E-state index in [1.807, 2.05) is 6.07 Å². The van der Waals surface area contributed by atoms with Gasteiger partial charge in [0.2, 0.25) is 0 Å². The molecule has 0 aliphatic rings. The number of allylic oxidation sites excluding steroid dienone is 1. The molecule has 0 radical (unpaired) electrons. The van der Waals surface area contributed by atoms with Gasteiger partial charge in [-0.25, -0.2) is 0 Å². The molecule has 0 heterocycles. The van der Waals surface area contributed by atoms with Crippen molar-refractivity contribution in [3.63, 3.8) is 0 Å². The maximum Gasteiger partial charge on any atom is -0.00168 e. The van der Waals surface area contributed by atoms with Crippen LogP contribution in [0.25, 0.3) is 0 Å². The molecule has 70 valence electrons. The van der Waals surface area contributed by atoms with Crippen molar-refractivity contribution in [1.82, 2.24) is 0 Å². The first-order valence-electron chi connectivity index (χ1n) is 4.73. The monoisotopic (exact) mass is 175 g/mol. The third-order valence-electron chi connectivity index (χ3n) is 2.03. The Bertz CT molecular complexity index is 251. The molecule has 0 saturated heterocycles. The predicted molar refractivity (Wildman–Crippen MR) is 57.5 cm³/mol. The highest BCUT2D eigenvalue weighted by atomic mass is 14.5. The Morgan fingerprint density at radius 1 is 1.31 bits per heavy atom. The van der Waals surface area contributed by atoms with Gasteiger partial charge >= 0.3 is 0 Å². The van der Waals surface area contributed by atoms with Crippen LogP contribution in [0.4, 0.5) is 0 Å². The molecule has 1 heteroatoms. The minimum Gasteiger partial charge on any atom is -0.330 e. The summed E-state index contributed by atoms with van der Waals surface area (Å²) in [4.78, 5) is 0. The zero-order valence-electron chi connectivity index (χ0n) is 8.11. The average Bonchev–Trinajstić information content (AvgIpc) is 2.19. The Hall–Kier alpha value is -1.08. The van der Waals surface area contributed by atoms with E-state index in [0.29, 0.717) is 5.92 Å². The summed E-state index contributed by atoms with van der Waals surface area (Å²) < 4.78 is 0. The van der Waals surface area contributed by atoms with Crippen LogP contribution in [0.5, 0.6) is 0 Å². The van der Waals surface area contributed by atoms with Crippen molar-refractivity contribution in [2.45, 2.75) is 13.3 Å². The van der Waals surface area contributed by atoms with Crippen LogP contribution in [0.2, 0.25) is 0 Å². The first kappa shape index (κ1) is 10.0. The fraction of sp³-hybridized carbons (Fsp3) is 0.333. The summed E-state index contributed by atoms with van der Waals surface area (Å²) in [6.45, 7) is 2.85. The van der Waals surface area contributed by atoms with Crippen LogP contribution in [0.15, 0.2) is 42.5 Å². The summed E-state index contributed by atoms with van der Waals surface area (Å²) in [5, 5.41) is 0. The van der Waals surface area contributed by atoms with Crippen LogP contribution in [0.3, 0.4) is 0 Å². The van der Waals surface area contributed by atoms with Crippen LogP contribution in [-0.2, 0) is 6.42 Å². The zero-order chi connectivity index (χ0) is 9.52. The molecule has 0 aliphatic heterocycles. The molecule has 2 N–H and O–H groups in total. The van der Waals surface area contributed by atoms with E-state index >= 15 is 0 Å². The van der Waals surface area contributed by atoms with Gasteiger partial charge in [-0.15, -0.1) is 0 Å². The molecule has 13 heavy (non-hydrogen) atoms. The second-order valence-electron chi connectivity index (χ2n) is 3.33. The van der Waals surface area contributed by atoms with Gasteiger partial charge in [0, 0.05) is 0 Å².